The molecule has 0 radical (unpaired) electrons. The number of nitrogen functional groups attached to an aromatic ring is 1. The molecule has 0 saturated carbocycles. The van der Waals surface area contributed by atoms with Crippen LogP contribution in [0.5, 0.6) is 0 Å². The molecule has 164 valence electrons. The monoisotopic (exact) mass is 455 g/mol. The third-order valence-electron chi connectivity index (χ3n) is 5.50. The molecule has 0 aliphatic heterocycles. The van der Waals surface area contributed by atoms with Crippen LogP contribution in [0.25, 0.3) is 22.2 Å². The fraction of sp³-hybridized carbons (Fsp3) is 0.0800. The Morgan fingerprint density at radius 2 is 1.61 bits per heavy atom. The van der Waals surface area contributed by atoms with Crippen molar-refractivity contribution in [1.29, 1.82) is 0 Å². The lowest BCUT2D eigenvalue weighted by Crippen LogP contribution is -2.07. The fourth-order valence-corrected chi connectivity index (χ4v) is 5.34. The van der Waals surface area contributed by atoms with Crippen molar-refractivity contribution in [3.05, 3.63) is 89.5 Å². The van der Waals surface area contributed by atoms with Crippen LogP contribution in [0.1, 0.15) is 16.7 Å². The third kappa shape index (κ3) is 3.54. The number of aryl methyl sites for hydroxylation is 2. The normalized spacial score (nSPS) is 12.2. The minimum Gasteiger partial charge on any atom is -0.382 e. The van der Waals surface area contributed by atoms with Crippen molar-refractivity contribution < 1.29 is 8.42 Å². The molecule has 0 unspecified atom stereocenters. The smallest absolute Gasteiger partial charge is 0.212 e. The largest absolute Gasteiger partial charge is 0.382 e. The molecule has 2 heterocycles. The van der Waals surface area contributed by atoms with E-state index in [1.54, 1.807) is 30.5 Å². The van der Waals surface area contributed by atoms with Gasteiger partial charge in [0.1, 0.15) is 16.2 Å². The van der Waals surface area contributed by atoms with E-state index in [-0.39, 0.29) is 26.8 Å². The van der Waals surface area contributed by atoms with E-state index in [0.717, 1.165) is 16.7 Å². The van der Waals surface area contributed by atoms with Gasteiger partial charge in [0.15, 0.2) is 5.65 Å². The van der Waals surface area contributed by atoms with Crippen LogP contribution in [-0.2, 0) is 9.84 Å². The van der Waals surface area contributed by atoms with Crippen LogP contribution in [0.4, 0.5) is 5.82 Å². The summed E-state index contributed by atoms with van der Waals surface area (Å²) in [6.07, 6.45) is 1.64. The number of nitrogens with two attached hydrogens (primary N) is 1. The van der Waals surface area contributed by atoms with Gasteiger partial charge in [-0.05, 0) is 54.8 Å². The van der Waals surface area contributed by atoms with E-state index in [4.69, 9.17) is 5.73 Å². The second kappa shape index (κ2) is 7.83. The zero-order chi connectivity index (χ0) is 23.2. The van der Waals surface area contributed by atoms with E-state index in [9.17, 15) is 8.42 Å². The first kappa shape index (κ1) is 20.8. The van der Waals surface area contributed by atoms with Crippen molar-refractivity contribution in [2.75, 3.05) is 5.73 Å². The standard InChI is InChI=1S/C25H21N5O2S/c1-16-8-7-11-19(14-16)33(31,32)23-22-25(29-21-13-6-5-12-20(21)28-22)30(24(23)26)27-15-18-10-4-3-9-17(18)2/h3-15H,26H2,1-2H3. The number of hydrogen-bond acceptors (Lipinski definition) is 6. The van der Waals surface area contributed by atoms with Gasteiger partial charge in [-0.2, -0.15) is 9.78 Å². The maximum absolute atomic E-state index is 13.7. The highest BCUT2D eigenvalue weighted by Gasteiger charge is 2.30. The Kier molecular flexibility index (Phi) is 4.94. The van der Waals surface area contributed by atoms with Crippen molar-refractivity contribution in [1.82, 2.24) is 14.6 Å². The van der Waals surface area contributed by atoms with Gasteiger partial charge in [0.25, 0.3) is 0 Å². The molecule has 5 rings (SSSR count). The van der Waals surface area contributed by atoms with Crippen LogP contribution >= 0.6 is 0 Å². The van der Waals surface area contributed by atoms with Crippen molar-refractivity contribution in [3.8, 4) is 0 Å². The molecule has 0 saturated heterocycles. The molecule has 8 heteroatoms. The van der Waals surface area contributed by atoms with Gasteiger partial charge >= 0.3 is 0 Å². The maximum Gasteiger partial charge on any atom is 0.212 e. The Hall–Kier alpha value is -4.04. The topological polar surface area (TPSA) is 103 Å². The number of fused-ring (bicyclic) bond motifs is 2. The fourth-order valence-electron chi connectivity index (χ4n) is 3.76. The molecule has 5 aromatic rings. The average Bonchev–Trinajstić information content (AvgIpc) is 3.07. The Bertz CT molecular complexity index is 1670. The number of aromatic nitrogens is 3. The molecular weight excluding hydrogens is 434 g/mol. The number of sulfone groups is 1. The van der Waals surface area contributed by atoms with E-state index in [0.29, 0.717) is 11.0 Å². The second-order valence-electron chi connectivity index (χ2n) is 7.83. The zero-order valence-corrected chi connectivity index (χ0v) is 18.9. The Labute approximate surface area is 191 Å². The predicted molar refractivity (Wildman–Crippen MR) is 130 cm³/mol. The number of hydrogen-bond donors (Lipinski definition) is 1. The summed E-state index contributed by atoms with van der Waals surface area (Å²) in [6, 6.07) is 21.7. The lowest BCUT2D eigenvalue weighted by atomic mass is 10.1. The first-order valence-corrected chi connectivity index (χ1v) is 11.8. The van der Waals surface area contributed by atoms with Crippen molar-refractivity contribution in [3.63, 3.8) is 0 Å². The zero-order valence-electron chi connectivity index (χ0n) is 18.1. The summed E-state index contributed by atoms with van der Waals surface area (Å²) >= 11 is 0. The Morgan fingerprint density at radius 1 is 0.909 bits per heavy atom. The molecule has 0 aliphatic carbocycles. The molecule has 33 heavy (non-hydrogen) atoms. The molecule has 0 aliphatic rings. The quantitative estimate of drug-likeness (QED) is 0.402. The molecule has 0 fully saturated rings. The van der Waals surface area contributed by atoms with E-state index >= 15 is 0 Å². The highest BCUT2D eigenvalue weighted by molar-refractivity contribution is 7.92. The van der Waals surface area contributed by atoms with Gasteiger partial charge < -0.3 is 5.73 Å². The van der Waals surface area contributed by atoms with E-state index in [1.165, 1.54) is 4.68 Å². The summed E-state index contributed by atoms with van der Waals surface area (Å²) in [5, 5.41) is 4.52. The van der Waals surface area contributed by atoms with Crippen LogP contribution in [0, 0.1) is 13.8 Å². The molecule has 2 N–H and O–H groups in total. The van der Waals surface area contributed by atoms with E-state index < -0.39 is 9.84 Å². The summed E-state index contributed by atoms with van der Waals surface area (Å²) in [5.74, 6) is -0.0355. The van der Waals surface area contributed by atoms with Crippen LogP contribution < -0.4 is 5.73 Å². The second-order valence-corrected chi connectivity index (χ2v) is 9.72. The van der Waals surface area contributed by atoms with Crippen molar-refractivity contribution in [2.24, 2.45) is 5.10 Å². The van der Waals surface area contributed by atoms with Crippen LogP contribution in [-0.4, -0.2) is 29.3 Å². The van der Waals surface area contributed by atoms with E-state index in [2.05, 4.69) is 15.1 Å². The van der Waals surface area contributed by atoms with Gasteiger partial charge in [-0.25, -0.2) is 18.4 Å². The lowest BCUT2D eigenvalue weighted by molar-refractivity contribution is 0.597. The number of nitrogens with zero attached hydrogens (tertiary/aromatic N) is 4. The van der Waals surface area contributed by atoms with Crippen LogP contribution in [0.15, 0.2) is 87.7 Å². The third-order valence-corrected chi connectivity index (χ3v) is 7.31. The Balaban J connectivity index is 1.82. The first-order valence-electron chi connectivity index (χ1n) is 10.3. The number of para-hydroxylation sites is 2. The molecule has 0 bridgehead atoms. The number of rotatable bonds is 4. The number of anilines is 1. The highest BCUT2D eigenvalue weighted by Crippen LogP contribution is 2.35. The SMILES string of the molecule is Cc1cccc(S(=O)(=O)c2c(N)n(N=Cc3ccccc3C)c3nc4ccccc4nc23)c1. The van der Waals surface area contributed by atoms with Gasteiger partial charge in [0.05, 0.1) is 22.1 Å². The highest BCUT2D eigenvalue weighted by atomic mass is 32.2. The molecule has 0 spiro atoms. The van der Waals surface area contributed by atoms with Gasteiger partial charge in [0, 0.05) is 0 Å². The molecule has 0 amide bonds. The Morgan fingerprint density at radius 3 is 2.33 bits per heavy atom. The summed E-state index contributed by atoms with van der Waals surface area (Å²) in [6.45, 7) is 3.81. The first-order chi connectivity index (χ1) is 15.9. The van der Waals surface area contributed by atoms with Crippen LogP contribution in [0.3, 0.4) is 0 Å². The van der Waals surface area contributed by atoms with Gasteiger partial charge in [0.2, 0.25) is 9.84 Å². The predicted octanol–water partition coefficient (Wildman–Crippen LogP) is 4.50. The minimum atomic E-state index is -3.98. The van der Waals surface area contributed by atoms with Gasteiger partial charge in [-0.15, -0.1) is 0 Å². The van der Waals surface area contributed by atoms with Gasteiger partial charge in [-0.1, -0.05) is 48.5 Å². The molecule has 0 atom stereocenters. The molecule has 2 aromatic heterocycles. The van der Waals surface area contributed by atoms with Crippen molar-refractivity contribution in [2.45, 2.75) is 23.6 Å². The van der Waals surface area contributed by atoms with E-state index in [1.807, 2.05) is 62.4 Å². The van der Waals surface area contributed by atoms with Crippen LogP contribution in [0.2, 0.25) is 0 Å². The van der Waals surface area contributed by atoms with Gasteiger partial charge in [-0.3, -0.25) is 0 Å². The maximum atomic E-state index is 13.7. The molecule has 3 aromatic carbocycles. The summed E-state index contributed by atoms with van der Waals surface area (Å²) in [7, 11) is -3.98. The average molecular weight is 456 g/mol. The molecular formula is C25H21N5O2S. The summed E-state index contributed by atoms with van der Waals surface area (Å²) < 4.78 is 28.7. The number of benzene rings is 3. The minimum absolute atomic E-state index is 0.0355. The lowest BCUT2D eigenvalue weighted by Gasteiger charge is -2.06. The molecule has 7 nitrogen and oxygen atoms in total. The van der Waals surface area contributed by atoms with Crippen molar-refractivity contribution >= 4 is 44.1 Å². The summed E-state index contributed by atoms with van der Waals surface area (Å²) in [5.41, 5.74) is 10.8. The summed E-state index contributed by atoms with van der Waals surface area (Å²) in [4.78, 5) is 9.34.